The summed E-state index contributed by atoms with van der Waals surface area (Å²) in [6, 6.07) is 19.5. The molecule has 0 unspecified atom stereocenters. The third-order valence-electron chi connectivity index (χ3n) is 4.12. The van der Waals surface area contributed by atoms with Gasteiger partial charge in [0.05, 0.1) is 10.4 Å². The van der Waals surface area contributed by atoms with Gasteiger partial charge in [0.1, 0.15) is 0 Å². The minimum Gasteiger partial charge on any atom is -0.452 e. The van der Waals surface area contributed by atoms with Crippen molar-refractivity contribution in [1.82, 2.24) is 4.90 Å². The molecule has 0 spiro atoms. The molecule has 0 aliphatic heterocycles. The first-order valence-corrected chi connectivity index (χ1v) is 9.81. The van der Waals surface area contributed by atoms with E-state index in [1.54, 1.807) is 37.4 Å². The van der Waals surface area contributed by atoms with Crippen LogP contribution in [0, 0.1) is 0 Å². The van der Waals surface area contributed by atoms with E-state index >= 15 is 0 Å². The molecule has 1 N–H and O–H groups in total. The average molecular weight is 408 g/mol. The normalized spacial score (nSPS) is 10.2. The number of esters is 1. The number of hydrogen-bond acceptors (Lipinski definition) is 5. The molecule has 1 aromatic heterocycles. The maximum absolute atomic E-state index is 12.3. The van der Waals surface area contributed by atoms with E-state index in [-0.39, 0.29) is 24.0 Å². The van der Waals surface area contributed by atoms with Crippen molar-refractivity contribution in [3.8, 4) is 0 Å². The Balaban J connectivity index is 1.53. The Morgan fingerprint density at radius 2 is 1.79 bits per heavy atom. The zero-order valence-corrected chi connectivity index (χ0v) is 16.6. The number of carbonyl (C=O) groups is 3. The number of amides is 2. The summed E-state index contributed by atoms with van der Waals surface area (Å²) in [6.07, 6.45) is 0. The SMILES string of the molecule is CN(Cc1ccccc1)C(=O)COC(=O)c1cccc(NC(=O)c2cccs2)c1. The summed E-state index contributed by atoms with van der Waals surface area (Å²) in [5, 5.41) is 4.55. The van der Waals surface area contributed by atoms with Crippen LogP contribution in [0.1, 0.15) is 25.6 Å². The molecule has 2 aromatic carbocycles. The zero-order valence-electron chi connectivity index (χ0n) is 15.8. The Bertz CT molecular complexity index is 987. The van der Waals surface area contributed by atoms with E-state index in [1.807, 2.05) is 35.7 Å². The van der Waals surface area contributed by atoms with E-state index in [4.69, 9.17) is 4.74 Å². The summed E-state index contributed by atoms with van der Waals surface area (Å²) in [5.41, 5.74) is 1.72. The summed E-state index contributed by atoms with van der Waals surface area (Å²) >= 11 is 1.33. The van der Waals surface area contributed by atoms with Crippen molar-refractivity contribution >= 4 is 34.8 Å². The molecular formula is C22H20N2O4S. The number of ether oxygens (including phenoxy) is 1. The molecule has 0 radical (unpaired) electrons. The number of likely N-dealkylation sites (N-methyl/N-ethyl adjacent to an activating group) is 1. The zero-order chi connectivity index (χ0) is 20.6. The molecule has 7 heteroatoms. The molecule has 0 saturated carbocycles. The molecule has 0 atom stereocenters. The molecule has 0 saturated heterocycles. The van der Waals surface area contributed by atoms with Gasteiger partial charge in [0.15, 0.2) is 6.61 Å². The maximum atomic E-state index is 12.3. The molecule has 1 heterocycles. The summed E-state index contributed by atoms with van der Waals surface area (Å²) in [5.74, 6) is -1.17. The number of hydrogen-bond donors (Lipinski definition) is 1. The summed E-state index contributed by atoms with van der Waals surface area (Å²) in [4.78, 5) is 38.7. The summed E-state index contributed by atoms with van der Waals surface area (Å²) < 4.78 is 5.14. The fourth-order valence-corrected chi connectivity index (χ4v) is 3.21. The highest BCUT2D eigenvalue weighted by Crippen LogP contribution is 2.15. The van der Waals surface area contributed by atoms with Crippen LogP contribution in [0.2, 0.25) is 0 Å². The standard InChI is InChI=1S/C22H20N2O4S/c1-24(14-16-7-3-2-4-8-16)20(25)15-28-22(27)17-9-5-10-18(13-17)23-21(26)19-11-6-12-29-19/h2-13H,14-15H2,1H3,(H,23,26). The molecular weight excluding hydrogens is 388 g/mol. The molecule has 0 bridgehead atoms. The number of carbonyl (C=O) groups excluding carboxylic acids is 3. The molecule has 148 valence electrons. The Hall–Kier alpha value is -3.45. The molecule has 3 rings (SSSR count). The Morgan fingerprint density at radius 1 is 1.00 bits per heavy atom. The predicted octanol–water partition coefficient (Wildman–Crippen LogP) is 3.82. The van der Waals surface area contributed by atoms with Crippen molar-refractivity contribution in [1.29, 1.82) is 0 Å². The van der Waals surface area contributed by atoms with Gasteiger partial charge in [-0.3, -0.25) is 9.59 Å². The van der Waals surface area contributed by atoms with E-state index in [1.165, 1.54) is 22.3 Å². The number of thiophene rings is 1. The second kappa shape index (κ2) is 9.66. The molecule has 0 aliphatic rings. The van der Waals surface area contributed by atoms with Crippen LogP contribution >= 0.6 is 11.3 Å². The summed E-state index contributed by atoms with van der Waals surface area (Å²) in [7, 11) is 1.66. The van der Waals surface area contributed by atoms with E-state index in [2.05, 4.69) is 5.32 Å². The van der Waals surface area contributed by atoms with Crippen LogP contribution < -0.4 is 5.32 Å². The van der Waals surface area contributed by atoms with E-state index in [0.29, 0.717) is 17.1 Å². The number of nitrogens with zero attached hydrogens (tertiary/aromatic N) is 1. The first-order valence-electron chi connectivity index (χ1n) is 8.93. The van der Waals surface area contributed by atoms with Gasteiger partial charge in [-0.25, -0.2) is 4.79 Å². The molecule has 2 amide bonds. The smallest absolute Gasteiger partial charge is 0.338 e. The van der Waals surface area contributed by atoms with Crippen molar-refractivity contribution in [2.24, 2.45) is 0 Å². The second-order valence-corrected chi connectivity index (χ2v) is 7.27. The van der Waals surface area contributed by atoms with Crippen LogP contribution in [-0.2, 0) is 16.1 Å². The summed E-state index contributed by atoms with van der Waals surface area (Å²) in [6.45, 7) is 0.0788. The highest BCUT2D eigenvalue weighted by molar-refractivity contribution is 7.12. The quantitative estimate of drug-likeness (QED) is 0.603. The lowest BCUT2D eigenvalue weighted by Gasteiger charge is -2.17. The first-order chi connectivity index (χ1) is 14.0. The van der Waals surface area contributed by atoms with E-state index < -0.39 is 5.97 Å². The minimum absolute atomic E-state index is 0.247. The monoisotopic (exact) mass is 408 g/mol. The van der Waals surface area contributed by atoms with Crippen molar-refractivity contribution in [3.05, 3.63) is 88.1 Å². The van der Waals surface area contributed by atoms with E-state index in [0.717, 1.165) is 5.56 Å². The predicted molar refractivity (Wildman–Crippen MR) is 112 cm³/mol. The van der Waals surface area contributed by atoms with Crippen LogP contribution in [0.3, 0.4) is 0 Å². The van der Waals surface area contributed by atoms with Gasteiger partial charge in [-0.15, -0.1) is 11.3 Å². The highest BCUT2D eigenvalue weighted by atomic mass is 32.1. The minimum atomic E-state index is -0.626. The largest absolute Gasteiger partial charge is 0.452 e. The third-order valence-corrected chi connectivity index (χ3v) is 4.98. The van der Waals surface area contributed by atoms with Gasteiger partial charge < -0.3 is 15.0 Å². The van der Waals surface area contributed by atoms with Gasteiger partial charge in [0, 0.05) is 19.3 Å². The van der Waals surface area contributed by atoms with Crippen LogP contribution in [0.15, 0.2) is 72.1 Å². The van der Waals surface area contributed by atoms with Crippen LogP contribution in [-0.4, -0.2) is 36.3 Å². The lowest BCUT2D eigenvalue weighted by Crippen LogP contribution is -2.30. The third kappa shape index (κ3) is 5.76. The fourth-order valence-electron chi connectivity index (χ4n) is 2.59. The van der Waals surface area contributed by atoms with Crippen LogP contribution in [0.5, 0.6) is 0 Å². The van der Waals surface area contributed by atoms with Crippen molar-refractivity contribution in [3.63, 3.8) is 0 Å². The fraction of sp³-hybridized carbons (Fsp3) is 0.136. The van der Waals surface area contributed by atoms with Gasteiger partial charge in [-0.1, -0.05) is 42.5 Å². The number of rotatable bonds is 7. The molecule has 3 aromatic rings. The second-order valence-electron chi connectivity index (χ2n) is 6.32. The Kier molecular flexibility index (Phi) is 6.76. The van der Waals surface area contributed by atoms with Gasteiger partial charge in [0.2, 0.25) is 0 Å². The van der Waals surface area contributed by atoms with Crippen LogP contribution in [0.25, 0.3) is 0 Å². The van der Waals surface area contributed by atoms with E-state index in [9.17, 15) is 14.4 Å². The molecule has 0 aliphatic carbocycles. The lowest BCUT2D eigenvalue weighted by atomic mass is 10.2. The number of benzene rings is 2. The topological polar surface area (TPSA) is 75.7 Å². The highest BCUT2D eigenvalue weighted by Gasteiger charge is 2.15. The average Bonchev–Trinajstić information content (AvgIpc) is 3.28. The Morgan fingerprint density at radius 3 is 2.52 bits per heavy atom. The van der Waals surface area contributed by atoms with Crippen molar-refractivity contribution in [2.45, 2.75) is 6.54 Å². The number of anilines is 1. The Labute approximate surface area is 172 Å². The maximum Gasteiger partial charge on any atom is 0.338 e. The first kappa shape index (κ1) is 20.3. The lowest BCUT2D eigenvalue weighted by molar-refractivity contribution is -0.133. The number of nitrogens with one attached hydrogen (secondary N) is 1. The van der Waals surface area contributed by atoms with Gasteiger partial charge in [-0.2, -0.15) is 0 Å². The molecule has 0 fully saturated rings. The van der Waals surface area contributed by atoms with Gasteiger partial charge in [0.25, 0.3) is 11.8 Å². The van der Waals surface area contributed by atoms with Crippen LogP contribution in [0.4, 0.5) is 5.69 Å². The van der Waals surface area contributed by atoms with Gasteiger partial charge in [-0.05, 0) is 35.2 Å². The molecule has 6 nitrogen and oxygen atoms in total. The molecule has 29 heavy (non-hydrogen) atoms. The van der Waals surface area contributed by atoms with Gasteiger partial charge >= 0.3 is 5.97 Å². The van der Waals surface area contributed by atoms with Crippen molar-refractivity contribution < 1.29 is 19.1 Å². The van der Waals surface area contributed by atoms with Crippen molar-refractivity contribution in [2.75, 3.05) is 19.0 Å².